The standard InChI is InChI=1S/C23H32N2O9/c1-23(2,3)34-22(29)24-10-14(11-26)17(32-12-30-4)18(33-13-31-5)19(24)25-20(27)15-8-6-7-9-16(15)21(25)28/h6-9,14,17-19,26H,10-13H2,1-5H3/t14-,17-,18+,19-/m1/s1. The zero-order valence-electron chi connectivity index (χ0n) is 20.1. The number of fused-ring (bicyclic) bond motifs is 1. The van der Waals surface area contributed by atoms with Gasteiger partial charge in [0, 0.05) is 26.7 Å². The van der Waals surface area contributed by atoms with E-state index < -0.39 is 47.8 Å². The molecule has 0 saturated carbocycles. The summed E-state index contributed by atoms with van der Waals surface area (Å²) in [6.45, 7) is 4.38. The maximum Gasteiger partial charge on any atom is 0.412 e. The van der Waals surface area contributed by atoms with E-state index in [2.05, 4.69) is 0 Å². The Morgan fingerprint density at radius 2 is 1.53 bits per heavy atom. The molecule has 1 saturated heterocycles. The number of carbonyl (C=O) groups is 3. The molecule has 0 aromatic heterocycles. The number of benzene rings is 1. The lowest BCUT2D eigenvalue weighted by Gasteiger charge is -2.49. The lowest BCUT2D eigenvalue weighted by atomic mass is 9.90. The summed E-state index contributed by atoms with van der Waals surface area (Å²) in [5, 5.41) is 10.1. The molecule has 11 heteroatoms. The summed E-state index contributed by atoms with van der Waals surface area (Å²) in [4.78, 5) is 42.3. The Morgan fingerprint density at radius 3 is 2.00 bits per heavy atom. The highest BCUT2D eigenvalue weighted by molar-refractivity contribution is 6.21. The second-order valence-corrected chi connectivity index (χ2v) is 9.09. The number of amides is 3. The molecule has 0 aliphatic carbocycles. The van der Waals surface area contributed by atoms with Gasteiger partial charge in [0.2, 0.25) is 0 Å². The first-order valence-electron chi connectivity index (χ1n) is 10.9. The van der Waals surface area contributed by atoms with Crippen molar-refractivity contribution in [2.45, 2.75) is 44.7 Å². The molecule has 1 fully saturated rings. The monoisotopic (exact) mass is 480 g/mol. The van der Waals surface area contributed by atoms with Crippen LogP contribution in [-0.4, -0.2) is 97.7 Å². The van der Waals surface area contributed by atoms with Crippen LogP contribution in [0.5, 0.6) is 0 Å². The lowest BCUT2D eigenvalue weighted by molar-refractivity contribution is -0.223. The minimum Gasteiger partial charge on any atom is -0.444 e. The Morgan fingerprint density at radius 1 is 1.00 bits per heavy atom. The highest BCUT2D eigenvalue weighted by atomic mass is 16.7. The molecule has 11 nitrogen and oxygen atoms in total. The largest absolute Gasteiger partial charge is 0.444 e. The fourth-order valence-corrected chi connectivity index (χ4v) is 4.18. The van der Waals surface area contributed by atoms with Crippen molar-refractivity contribution in [1.82, 2.24) is 9.80 Å². The van der Waals surface area contributed by atoms with Gasteiger partial charge in [-0.1, -0.05) is 12.1 Å². The van der Waals surface area contributed by atoms with Crippen molar-refractivity contribution in [3.8, 4) is 0 Å². The second-order valence-electron chi connectivity index (χ2n) is 9.09. The summed E-state index contributed by atoms with van der Waals surface area (Å²) in [6.07, 6.45) is -3.87. The van der Waals surface area contributed by atoms with E-state index in [-0.39, 0.29) is 37.9 Å². The Bertz CT molecular complexity index is 866. The van der Waals surface area contributed by atoms with Crippen molar-refractivity contribution in [2.75, 3.05) is 41.0 Å². The van der Waals surface area contributed by atoms with E-state index in [0.717, 1.165) is 4.90 Å². The third-order valence-corrected chi connectivity index (χ3v) is 5.54. The number of ether oxygens (including phenoxy) is 5. The van der Waals surface area contributed by atoms with Gasteiger partial charge in [-0.25, -0.2) is 9.69 Å². The molecule has 0 spiro atoms. The number of likely N-dealkylation sites (tertiary alicyclic amines) is 1. The predicted molar refractivity (Wildman–Crippen MR) is 118 cm³/mol. The molecule has 3 amide bonds. The van der Waals surface area contributed by atoms with E-state index >= 15 is 0 Å². The first-order chi connectivity index (χ1) is 16.1. The van der Waals surface area contributed by atoms with Crippen LogP contribution in [0.3, 0.4) is 0 Å². The SMILES string of the molecule is COCO[C@@H]1[C@@H](CO)CN(C(=O)OC(C)(C)C)[C@H](N2C(=O)c3ccccc3C2=O)[C@H]1OCOC. The number of carbonyl (C=O) groups excluding carboxylic acids is 3. The molecule has 0 unspecified atom stereocenters. The van der Waals surface area contributed by atoms with Crippen LogP contribution < -0.4 is 0 Å². The zero-order chi connectivity index (χ0) is 25.0. The van der Waals surface area contributed by atoms with Crippen LogP contribution in [0.2, 0.25) is 0 Å². The van der Waals surface area contributed by atoms with E-state index in [1.807, 2.05) is 0 Å². The van der Waals surface area contributed by atoms with Crippen LogP contribution in [0.1, 0.15) is 41.5 Å². The number of imide groups is 1. The van der Waals surface area contributed by atoms with Crippen molar-refractivity contribution < 1.29 is 43.2 Å². The summed E-state index contributed by atoms with van der Waals surface area (Å²) in [7, 11) is 2.86. The van der Waals surface area contributed by atoms with Gasteiger partial charge in [-0.2, -0.15) is 0 Å². The second kappa shape index (κ2) is 10.8. The highest BCUT2D eigenvalue weighted by Crippen LogP contribution is 2.35. The molecule has 0 radical (unpaired) electrons. The number of aliphatic hydroxyl groups excluding tert-OH is 1. The molecule has 1 aromatic rings. The normalized spacial score (nSPS) is 25.0. The maximum atomic E-state index is 13.4. The molecule has 2 heterocycles. The van der Waals surface area contributed by atoms with Crippen LogP contribution in [-0.2, 0) is 23.7 Å². The molecule has 34 heavy (non-hydrogen) atoms. The lowest BCUT2D eigenvalue weighted by Crippen LogP contribution is -2.69. The molecular formula is C23H32N2O9. The van der Waals surface area contributed by atoms with Gasteiger partial charge < -0.3 is 28.8 Å². The van der Waals surface area contributed by atoms with Crippen molar-refractivity contribution >= 4 is 17.9 Å². The summed E-state index contributed by atoms with van der Waals surface area (Å²) >= 11 is 0. The summed E-state index contributed by atoms with van der Waals surface area (Å²) in [5.41, 5.74) is -0.397. The van der Waals surface area contributed by atoms with Gasteiger partial charge in [0.05, 0.1) is 23.8 Å². The van der Waals surface area contributed by atoms with Crippen molar-refractivity contribution in [3.63, 3.8) is 0 Å². The van der Waals surface area contributed by atoms with Gasteiger partial charge in [-0.05, 0) is 32.9 Å². The first-order valence-corrected chi connectivity index (χ1v) is 10.9. The van der Waals surface area contributed by atoms with Gasteiger partial charge in [0.25, 0.3) is 11.8 Å². The Hall–Kier alpha value is -2.57. The smallest absolute Gasteiger partial charge is 0.412 e. The van der Waals surface area contributed by atoms with Gasteiger partial charge >= 0.3 is 6.09 Å². The van der Waals surface area contributed by atoms with E-state index in [1.165, 1.54) is 19.1 Å². The third kappa shape index (κ3) is 5.23. The van der Waals surface area contributed by atoms with Crippen LogP contribution >= 0.6 is 0 Å². The number of hydrogen-bond donors (Lipinski definition) is 1. The fraction of sp³-hybridized carbons (Fsp3) is 0.609. The summed E-state index contributed by atoms with van der Waals surface area (Å²) in [5.74, 6) is -1.76. The van der Waals surface area contributed by atoms with Gasteiger partial charge in [0.1, 0.15) is 31.5 Å². The molecule has 0 bridgehead atoms. The molecule has 3 rings (SSSR count). The molecule has 2 aliphatic heterocycles. The van der Waals surface area contributed by atoms with Gasteiger partial charge in [0.15, 0.2) is 0 Å². The van der Waals surface area contributed by atoms with Crippen molar-refractivity contribution in [1.29, 1.82) is 0 Å². The van der Waals surface area contributed by atoms with Gasteiger partial charge in [-0.15, -0.1) is 0 Å². The molecule has 1 N–H and O–H groups in total. The third-order valence-electron chi connectivity index (χ3n) is 5.54. The van der Waals surface area contributed by atoms with Crippen LogP contribution in [0.15, 0.2) is 24.3 Å². The fourth-order valence-electron chi connectivity index (χ4n) is 4.18. The minimum atomic E-state index is -1.22. The predicted octanol–water partition coefficient (Wildman–Crippen LogP) is 1.45. The average molecular weight is 481 g/mol. The van der Waals surface area contributed by atoms with Crippen LogP contribution in [0.4, 0.5) is 4.79 Å². The molecule has 188 valence electrons. The van der Waals surface area contributed by atoms with Crippen LogP contribution in [0.25, 0.3) is 0 Å². The molecular weight excluding hydrogens is 448 g/mol. The molecule has 2 aliphatic rings. The van der Waals surface area contributed by atoms with E-state index in [0.29, 0.717) is 0 Å². The number of rotatable bonds is 8. The number of methoxy groups -OCH3 is 2. The first kappa shape index (κ1) is 26.0. The van der Waals surface area contributed by atoms with E-state index in [1.54, 1.807) is 45.0 Å². The summed E-state index contributed by atoms with van der Waals surface area (Å²) in [6, 6.07) is 6.42. The quantitative estimate of drug-likeness (QED) is 0.435. The number of piperidine rings is 1. The van der Waals surface area contributed by atoms with Crippen LogP contribution in [0, 0.1) is 5.92 Å². The number of hydrogen-bond acceptors (Lipinski definition) is 9. The highest BCUT2D eigenvalue weighted by Gasteiger charge is 2.55. The maximum absolute atomic E-state index is 13.4. The summed E-state index contributed by atoms with van der Waals surface area (Å²) < 4.78 is 27.4. The van der Waals surface area contributed by atoms with E-state index in [4.69, 9.17) is 23.7 Å². The van der Waals surface area contributed by atoms with E-state index in [9.17, 15) is 19.5 Å². The average Bonchev–Trinajstić information content (AvgIpc) is 3.04. The Labute approximate surface area is 198 Å². The van der Waals surface area contributed by atoms with Crippen molar-refractivity contribution in [3.05, 3.63) is 35.4 Å². The molecule has 4 atom stereocenters. The minimum absolute atomic E-state index is 0.0509. The zero-order valence-corrected chi connectivity index (χ0v) is 20.1. The van der Waals surface area contributed by atoms with Crippen molar-refractivity contribution in [2.24, 2.45) is 5.92 Å². The Balaban J connectivity index is 2.09. The topological polar surface area (TPSA) is 124 Å². The number of nitrogens with zero attached hydrogens (tertiary/aromatic N) is 2. The van der Waals surface area contributed by atoms with Gasteiger partial charge in [-0.3, -0.25) is 14.5 Å². The Kier molecular flexibility index (Phi) is 8.26. The number of aliphatic hydroxyl groups is 1. The molecule has 1 aromatic carbocycles.